The lowest BCUT2D eigenvalue weighted by molar-refractivity contribution is 0.198. The Bertz CT molecular complexity index is 3250. The quantitative estimate of drug-likeness (QED) is 0.165. The summed E-state index contributed by atoms with van der Waals surface area (Å²) in [5, 5.41) is 9.52. The van der Waals surface area contributed by atoms with E-state index in [1.165, 1.54) is 34.5 Å². The van der Waals surface area contributed by atoms with Gasteiger partial charge in [-0.2, -0.15) is 0 Å². The summed E-state index contributed by atoms with van der Waals surface area (Å²) in [4.78, 5) is 9.87. The maximum absolute atomic E-state index is 6.31. The number of benzene rings is 6. The third-order valence-corrected chi connectivity index (χ3v) is 14.1. The zero-order valence-corrected chi connectivity index (χ0v) is 38.2. The minimum absolute atomic E-state index is 0.673. The predicted octanol–water partition coefficient (Wildman–Crippen LogP) is 15.6. The molecule has 1 saturated heterocycles. The first-order valence-electron chi connectivity index (χ1n) is 20.2. The highest BCUT2D eigenvalue weighted by Crippen LogP contribution is 2.39. The second-order valence-corrected chi connectivity index (χ2v) is 23.3. The molecule has 60 heavy (non-hydrogen) atoms. The molecule has 0 amide bonds. The van der Waals surface area contributed by atoms with Crippen LogP contribution < -0.4 is 5.19 Å². The Morgan fingerprint density at radius 2 is 1.02 bits per heavy atom. The van der Waals surface area contributed by atoms with Crippen molar-refractivity contribution in [1.82, 2.24) is 9.97 Å². The zero-order chi connectivity index (χ0) is 41.7. The van der Waals surface area contributed by atoms with Gasteiger partial charge in [-0.15, -0.1) is 0 Å². The van der Waals surface area contributed by atoms with Crippen molar-refractivity contribution in [3.63, 3.8) is 0 Å². The zero-order valence-electron chi connectivity index (χ0n) is 34.1. The van der Waals surface area contributed by atoms with E-state index in [2.05, 4.69) is 104 Å². The lowest BCUT2D eigenvalue weighted by atomic mass is 10.0. The molecular formula is C51H43BrCl2N2O3Si. The summed E-state index contributed by atoms with van der Waals surface area (Å²) in [6.45, 7) is 13.3. The average molecular weight is 911 g/mol. The van der Waals surface area contributed by atoms with E-state index in [4.69, 9.17) is 46.7 Å². The van der Waals surface area contributed by atoms with Crippen LogP contribution >= 0.6 is 39.1 Å². The molecule has 300 valence electrons. The Morgan fingerprint density at radius 1 is 0.533 bits per heavy atom. The third-order valence-electron chi connectivity index (χ3n) is 10.9. The Kier molecular flexibility index (Phi) is 11.1. The van der Waals surface area contributed by atoms with Crippen LogP contribution in [0.15, 0.2) is 135 Å². The molecule has 11 rings (SSSR count). The van der Waals surface area contributed by atoms with E-state index in [0.29, 0.717) is 10.0 Å². The van der Waals surface area contributed by atoms with Crippen molar-refractivity contribution in [2.45, 2.75) is 46.3 Å². The van der Waals surface area contributed by atoms with E-state index in [0.717, 1.165) is 100 Å². The number of halogens is 3. The summed E-state index contributed by atoms with van der Waals surface area (Å²) in [6.07, 6.45) is 2.56. The number of ether oxygens (including phenoxy) is 1. The van der Waals surface area contributed by atoms with E-state index in [9.17, 15) is 0 Å². The van der Waals surface area contributed by atoms with Crippen molar-refractivity contribution >= 4 is 118 Å². The number of nitrogens with zero attached hydrogens (tertiary/aromatic N) is 2. The standard InChI is InChI=1S/C25H22ClNOSi.C22H13BrClNO.C4H8O/c1-15-11-19-17-7-5-6-8-23(17)28-25(19)20(12-15)22-14-24(29(2,3)4)18-10-9-16(26)13-21(18)27-22;1-12-8-16-14-4-2-3-5-21(14)26-22(16)17(9-12)20-11-18(23)15-7-6-13(24)10-19(15)25-20;1-2-4-5-3-1/h5-14H,1-4H3;2-11H,1H3;1-4H2. The highest BCUT2D eigenvalue weighted by molar-refractivity contribution is 9.10. The number of aromatic nitrogens is 2. The predicted molar refractivity (Wildman–Crippen MR) is 259 cm³/mol. The topological polar surface area (TPSA) is 61.3 Å². The summed E-state index contributed by atoms with van der Waals surface area (Å²) >= 11 is 16.2. The van der Waals surface area contributed by atoms with E-state index >= 15 is 0 Å². The second kappa shape index (κ2) is 16.4. The fraction of sp³-hybridized carbons (Fsp3) is 0.176. The van der Waals surface area contributed by atoms with Crippen molar-refractivity contribution in [3.05, 3.63) is 147 Å². The van der Waals surface area contributed by atoms with Crippen molar-refractivity contribution in [1.29, 1.82) is 0 Å². The molecule has 5 nitrogen and oxygen atoms in total. The van der Waals surface area contributed by atoms with Crippen molar-refractivity contribution < 1.29 is 13.6 Å². The first-order valence-corrected chi connectivity index (χ1v) is 25.2. The van der Waals surface area contributed by atoms with Crippen LogP contribution in [-0.2, 0) is 4.74 Å². The van der Waals surface area contributed by atoms with Crippen LogP contribution in [0.2, 0.25) is 29.7 Å². The number of furan rings is 2. The molecule has 0 unspecified atom stereocenters. The molecule has 0 aliphatic carbocycles. The first-order chi connectivity index (χ1) is 28.9. The van der Waals surface area contributed by atoms with Gasteiger partial charge in [-0.05, 0) is 121 Å². The van der Waals surface area contributed by atoms with Crippen LogP contribution in [0.3, 0.4) is 0 Å². The Labute approximate surface area is 368 Å². The minimum atomic E-state index is -1.61. The van der Waals surface area contributed by atoms with Gasteiger partial charge in [0.25, 0.3) is 0 Å². The number of pyridine rings is 2. The van der Waals surface area contributed by atoms with Gasteiger partial charge in [0.1, 0.15) is 22.3 Å². The number of hydrogen-bond acceptors (Lipinski definition) is 5. The van der Waals surface area contributed by atoms with Crippen LogP contribution in [0.5, 0.6) is 0 Å². The second-order valence-electron chi connectivity index (χ2n) is 16.5. The maximum atomic E-state index is 6.31. The largest absolute Gasteiger partial charge is 0.455 e. The van der Waals surface area contributed by atoms with Gasteiger partial charge < -0.3 is 13.6 Å². The molecule has 9 heteroatoms. The first kappa shape index (κ1) is 40.4. The molecule has 6 aromatic carbocycles. The number of rotatable bonds is 3. The molecule has 0 atom stereocenters. The van der Waals surface area contributed by atoms with Crippen molar-refractivity contribution in [3.8, 4) is 22.5 Å². The summed E-state index contributed by atoms with van der Waals surface area (Å²) in [5.74, 6) is 0. The number of hydrogen-bond donors (Lipinski definition) is 0. The number of fused-ring (bicyclic) bond motifs is 8. The SMILES string of the molecule is C1CCOC1.Cc1cc(-c2cc(Br)c3ccc(Cl)cc3n2)c2oc3ccccc3c2c1.Cc1cc(-c2cc([Si](C)(C)C)c3ccc(Cl)cc3n2)c2oc3ccccc3c2c1. The number of para-hydroxylation sites is 2. The van der Waals surface area contributed by atoms with E-state index in [1.807, 2.05) is 66.7 Å². The molecule has 0 radical (unpaired) electrons. The third kappa shape index (κ3) is 7.97. The summed E-state index contributed by atoms with van der Waals surface area (Å²) < 4.78 is 18.4. The van der Waals surface area contributed by atoms with Crippen molar-refractivity contribution in [2.75, 3.05) is 13.2 Å². The smallest absolute Gasteiger partial charge is 0.144 e. The summed E-state index contributed by atoms with van der Waals surface area (Å²) in [5.41, 5.74) is 11.5. The van der Waals surface area contributed by atoms with Gasteiger partial charge in [0.2, 0.25) is 0 Å². The molecule has 0 N–H and O–H groups in total. The van der Waals surface area contributed by atoms with Crippen LogP contribution in [0.1, 0.15) is 24.0 Å². The molecule has 5 heterocycles. The van der Waals surface area contributed by atoms with Crippen LogP contribution in [-0.4, -0.2) is 31.3 Å². The molecule has 0 saturated carbocycles. The maximum Gasteiger partial charge on any atom is 0.144 e. The van der Waals surface area contributed by atoms with Gasteiger partial charge in [0, 0.05) is 65.8 Å². The average Bonchev–Trinajstić information content (AvgIpc) is 4.00. The minimum Gasteiger partial charge on any atom is -0.455 e. The van der Waals surface area contributed by atoms with Gasteiger partial charge in [-0.25, -0.2) is 9.97 Å². The Hall–Kier alpha value is -5.02. The molecule has 0 bridgehead atoms. The van der Waals surface area contributed by atoms with E-state index in [-0.39, 0.29) is 0 Å². The van der Waals surface area contributed by atoms with Crippen LogP contribution in [0, 0.1) is 13.8 Å². The lowest BCUT2D eigenvalue weighted by Gasteiger charge is -2.20. The molecule has 1 aliphatic heterocycles. The molecule has 10 aromatic rings. The molecule has 1 fully saturated rings. The van der Waals surface area contributed by atoms with E-state index in [1.54, 1.807) is 0 Å². The van der Waals surface area contributed by atoms with Gasteiger partial charge in [0.05, 0.1) is 30.5 Å². The normalized spacial score (nSPS) is 13.0. The Morgan fingerprint density at radius 3 is 1.52 bits per heavy atom. The monoisotopic (exact) mass is 908 g/mol. The fourth-order valence-corrected chi connectivity index (χ4v) is 10.6. The molecule has 0 spiro atoms. The van der Waals surface area contributed by atoms with Gasteiger partial charge in [-0.3, -0.25) is 0 Å². The highest BCUT2D eigenvalue weighted by atomic mass is 79.9. The fourth-order valence-electron chi connectivity index (χ4n) is 8.09. The Balaban J connectivity index is 0.000000139. The highest BCUT2D eigenvalue weighted by Gasteiger charge is 2.23. The molecule has 4 aromatic heterocycles. The summed E-state index contributed by atoms with van der Waals surface area (Å²) in [6, 6.07) is 41.1. The van der Waals surface area contributed by atoms with Gasteiger partial charge in [0.15, 0.2) is 0 Å². The van der Waals surface area contributed by atoms with Gasteiger partial charge >= 0.3 is 0 Å². The van der Waals surface area contributed by atoms with Crippen LogP contribution in [0.25, 0.3) is 88.2 Å². The van der Waals surface area contributed by atoms with Gasteiger partial charge in [-0.1, -0.05) is 107 Å². The van der Waals surface area contributed by atoms with Crippen molar-refractivity contribution in [2.24, 2.45) is 0 Å². The molecular weight excluding hydrogens is 867 g/mol. The lowest BCUT2D eigenvalue weighted by Crippen LogP contribution is -2.38. The van der Waals surface area contributed by atoms with E-state index < -0.39 is 8.07 Å². The summed E-state index contributed by atoms with van der Waals surface area (Å²) in [7, 11) is -1.61. The van der Waals surface area contributed by atoms with Crippen LogP contribution in [0.4, 0.5) is 0 Å². The molecule has 1 aliphatic rings. The number of aryl methyl sites for hydroxylation is 2.